The number of hydrogen-bond donors (Lipinski definition) is 4. The average Bonchev–Trinajstić information content (AvgIpc) is 3.45. The molecule has 11 nitrogen and oxygen atoms in total. The molecule has 2 atom stereocenters. The molecule has 4 rings (SSSR count). The van der Waals surface area contributed by atoms with Crippen LogP contribution in [-0.2, 0) is 19.2 Å². The van der Waals surface area contributed by atoms with Crippen molar-refractivity contribution in [1.29, 1.82) is 0 Å². The van der Waals surface area contributed by atoms with E-state index in [1.54, 1.807) is 12.3 Å². The number of carboxylic acid groups (broad SMARTS) is 1. The van der Waals surface area contributed by atoms with Crippen molar-refractivity contribution in [3.63, 3.8) is 0 Å². The molecule has 182 valence electrons. The highest BCUT2D eigenvalue weighted by Gasteiger charge is 2.54. The molecule has 2 amide bonds. The van der Waals surface area contributed by atoms with Gasteiger partial charge in [0.25, 0.3) is 11.8 Å². The Morgan fingerprint density at radius 3 is 2.85 bits per heavy atom. The third-order valence-electron chi connectivity index (χ3n) is 5.46. The third kappa shape index (κ3) is 4.67. The molecule has 1 fully saturated rings. The van der Waals surface area contributed by atoms with Crippen molar-refractivity contribution in [2.24, 2.45) is 10.9 Å². The van der Waals surface area contributed by atoms with Crippen LogP contribution in [0.5, 0.6) is 0 Å². The number of amides is 2. The summed E-state index contributed by atoms with van der Waals surface area (Å²) in [4.78, 5) is 50.1. The Bertz CT molecular complexity index is 1110. The molecule has 1 aliphatic carbocycles. The van der Waals surface area contributed by atoms with E-state index < -0.39 is 29.2 Å². The van der Waals surface area contributed by atoms with E-state index in [2.05, 4.69) is 15.5 Å². The summed E-state index contributed by atoms with van der Waals surface area (Å²) in [5, 5.41) is 17.7. The molecule has 3 heterocycles. The molecule has 0 bridgehead atoms. The summed E-state index contributed by atoms with van der Waals surface area (Å²) >= 11 is 3.96. The minimum absolute atomic E-state index is 0.0319. The highest BCUT2D eigenvalue weighted by molar-refractivity contribution is 8.09. The van der Waals surface area contributed by atoms with Gasteiger partial charge >= 0.3 is 5.97 Å². The molecular weight excluding hydrogens is 500 g/mol. The number of carbonyl (C=O) groups is 3. The van der Waals surface area contributed by atoms with Gasteiger partial charge in [-0.05, 0) is 36.7 Å². The fraction of sp³-hybridized carbons (Fsp3) is 0.450. The first-order chi connectivity index (χ1) is 16.3. The lowest BCUT2D eigenvalue weighted by atomic mass is 10.0. The van der Waals surface area contributed by atoms with Crippen molar-refractivity contribution < 1.29 is 24.3 Å². The maximum atomic E-state index is 13.0. The van der Waals surface area contributed by atoms with Crippen LogP contribution >= 0.6 is 34.9 Å². The SMILES string of the molecule is CCO/N=C(\C(=O)NC1C(=O)N2C(C(=O)O)=C(SC3=C(CN)CCC3)CS[C@H]12)c1csc(N)n1. The van der Waals surface area contributed by atoms with Gasteiger partial charge < -0.3 is 26.7 Å². The molecule has 0 aromatic carbocycles. The second-order valence-corrected chi connectivity index (χ2v) is 10.7. The van der Waals surface area contributed by atoms with Crippen LogP contribution in [0.25, 0.3) is 0 Å². The normalized spacial score (nSPS) is 22.6. The van der Waals surface area contributed by atoms with E-state index >= 15 is 0 Å². The number of hydrogen-bond acceptors (Lipinski definition) is 11. The van der Waals surface area contributed by atoms with Gasteiger partial charge in [-0.2, -0.15) is 0 Å². The second kappa shape index (κ2) is 10.4. The minimum atomic E-state index is -1.17. The first-order valence-corrected chi connectivity index (χ1v) is 13.3. The molecule has 14 heteroatoms. The third-order valence-corrected chi connectivity index (χ3v) is 8.92. The number of carbonyl (C=O) groups excluding carboxylic acids is 2. The lowest BCUT2D eigenvalue weighted by Crippen LogP contribution is -2.71. The van der Waals surface area contributed by atoms with Gasteiger partial charge in [-0.25, -0.2) is 9.78 Å². The Balaban J connectivity index is 1.53. The summed E-state index contributed by atoms with van der Waals surface area (Å²) in [7, 11) is 0. The first-order valence-electron chi connectivity index (χ1n) is 10.6. The molecule has 1 aromatic rings. The molecule has 0 saturated carbocycles. The number of allylic oxidation sites excluding steroid dienone is 1. The predicted octanol–water partition coefficient (Wildman–Crippen LogP) is 1.29. The van der Waals surface area contributed by atoms with E-state index in [1.807, 2.05) is 0 Å². The van der Waals surface area contributed by atoms with Crippen LogP contribution < -0.4 is 16.8 Å². The van der Waals surface area contributed by atoms with Crippen molar-refractivity contribution in [1.82, 2.24) is 15.2 Å². The number of carboxylic acids is 1. The Morgan fingerprint density at radius 2 is 2.21 bits per heavy atom. The van der Waals surface area contributed by atoms with Crippen molar-refractivity contribution in [2.45, 2.75) is 37.6 Å². The van der Waals surface area contributed by atoms with Gasteiger partial charge in [0, 0.05) is 22.6 Å². The van der Waals surface area contributed by atoms with Gasteiger partial charge in [0.05, 0.1) is 0 Å². The van der Waals surface area contributed by atoms with E-state index in [9.17, 15) is 19.5 Å². The van der Waals surface area contributed by atoms with Gasteiger partial charge in [0.2, 0.25) is 0 Å². The summed E-state index contributed by atoms with van der Waals surface area (Å²) in [6.07, 6.45) is 2.77. The van der Waals surface area contributed by atoms with Crippen molar-refractivity contribution in [3.8, 4) is 0 Å². The van der Waals surface area contributed by atoms with Crippen LogP contribution in [0.2, 0.25) is 0 Å². The van der Waals surface area contributed by atoms with Crippen LogP contribution in [0, 0.1) is 0 Å². The summed E-state index contributed by atoms with van der Waals surface area (Å²) in [5.74, 6) is -1.90. The van der Waals surface area contributed by atoms with Crippen LogP contribution in [0.4, 0.5) is 5.13 Å². The second-order valence-electron chi connectivity index (χ2n) is 7.55. The average molecular weight is 525 g/mol. The van der Waals surface area contributed by atoms with Crippen molar-refractivity contribution >= 4 is 63.5 Å². The van der Waals surface area contributed by atoms with Gasteiger partial charge in [-0.3, -0.25) is 14.5 Å². The number of aliphatic carboxylic acids is 1. The summed E-state index contributed by atoms with van der Waals surface area (Å²) in [6, 6.07) is -0.897. The number of fused-ring (bicyclic) bond motifs is 1. The van der Waals surface area contributed by atoms with Crippen LogP contribution in [0.1, 0.15) is 31.9 Å². The summed E-state index contributed by atoms with van der Waals surface area (Å²) in [5.41, 5.74) is 12.7. The zero-order valence-corrected chi connectivity index (χ0v) is 20.7. The summed E-state index contributed by atoms with van der Waals surface area (Å²) in [6.45, 7) is 2.40. The van der Waals surface area contributed by atoms with Gasteiger partial charge in [-0.15, -0.1) is 23.1 Å². The van der Waals surface area contributed by atoms with Crippen molar-refractivity contribution in [3.05, 3.63) is 32.2 Å². The van der Waals surface area contributed by atoms with Crippen molar-refractivity contribution in [2.75, 3.05) is 24.6 Å². The zero-order chi connectivity index (χ0) is 24.4. The Labute approximate surface area is 208 Å². The van der Waals surface area contributed by atoms with Crippen LogP contribution in [0.3, 0.4) is 0 Å². The van der Waals surface area contributed by atoms with Gasteiger partial charge in [-0.1, -0.05) is 16.9 Å². The lowest BCUT2D eigenvalue weighted by Gasteiger charge is -2.49. The molecule has 0 spiro atoms. The number of β-lactam (4-membered cyclic amide) rings is 1. The summed E-state index contributed by atoms with van der Waals surface area (Å²) < 4.78 is 0. The Hall–Kier alpha value is -2.55. The van der Waals surface area contributed by atoms with E-state index in [-0.39, 0.29) is 28.8 Å². The number of thioether (sulfide) groups is 2. The molecule has 3 aliphatic rings. The van der Waals surface area contributed by atoms with E-state index in [1.165, 1.54) is 28.4 Å². The predicted molar refractivity (Wildman–Crippen MR) is 132 cm³/mol. The molecule has 1 unspecified atom stereocenters. The number of nitrogens with one attached hydrogen (secondary N) is 1. The monoisotopic (exact) mass is 524 g/mol. The molecule has 0 radical (unpaired) electrons. The lowest BCUT2D eigenvalue weighted by molar-refractivity contribution is -0.150. The largest absolute Gasteiger partial charge is 0.477 e. The molecule has 34 heavy (non-hydrogen) atoms. The number of nitrogens with zero attached hydrogens (tertiary/aromatic N) is 3. The number of oxime groups is 1. The molecule has 1 aromatic heterocycles. The smallest absolute Gasteiger partial charge is 0.353 e. The number of rotatable bonds is 9. The first kappa shape index (κ1) is 24.6. The number of nitrogens with two attached hydrogens (primary N) is 2. The maximum Gasteiger partial charge on any atom is 0.353 e. The Morgan fingerprint density at radius 1 is 1.41 bits per heavy atom. The quantitative estimate of drug-likeness (QED) is 0.209. The fourth-order valence-electron chi connectivity index (χ4n) is 3.88. The molecule has 2 aliphatic heterocycles. The number of nitrogen functional groups attached to an aromatic ring is 1. The standard InChI is InChI=1S/C20H24N6O5S3/c1-2-31-25-13(10-7-33-20(22)23-10)16(27)24-14-17(28)26-15(19(29)30)12(8-32-18(14)26)34-11-5-3-4-9(11)6-21/h7,14,18H,2-6,8,21H2,1H3,(H2,22,23)(H,24,27)(H,29,30)/b25-13-/t14?,18-/m1/s1. The number of aromatic nitrogens is 1. The van der Waals surface area contributed by atoms with E-state index in [0.29, 0.717) is 17.2 Å². The van der Waals surface area contributed by atoms with Gasteiger partial charge in [0.15, 0.2) is 10.8 Å². The Kier molecular flexibility index (Phi) is 7.50. The maximum absolute atomic E-state index is 13.0. The number of anilines is 1. The van der Waals surface area contributed by atoms with Gasteiger partial charge in [0.1, 0.15) is 29.4 Å². The fourth-order valence-corrected chi connectivity index (χ4v) is 7.21. The van der Waals surface area contributed by atoms with Crippen LogP contribution in [0.15, 0.2) is 31.6 Å². The molecular formula is C20H24N6O5S3. The molecule has 6 N–H and O–H groups in total. The highest BCUT2D eigenvalue weighted by atomic mass is 32.2. The van der Waals surface area contributed by atoms with Crippen LogP contribution in [-0.4, -0.2) is 68.8 Å². The molecule has 1 saturated heterocycles. The zero-order valence-electron chi connectivity index (χ0n) is 18.3. The number of thiazole rings is 1. The topological polar surface area (TPSA) is 173 Å². The minimum Gasteiger partial charge on any atom is -0.477 e. The van der Waals surface area contributed by atoms with E-state index in [0.717, 1.165) is 41.1 Å². The van der Waals surface area contributed by atoms with E-state index in [4.69, 9.17) is 16.3 Å². The highest BCUT2D eigenvalue weighted by Crippen LogP contribution is 2.47.